The molecule has 0 radical (unpaired) electrons. The Balaban J connectivity index is 2.22. The van der Waals surface area contributed by atoms with E-state index in [2.05, 4.69) is 13.2 Å². The molecule has 0 spiro atoms. The second-order valence-electron chi connectivity index (χ2n) is 8.19. The predicted octanol–water partition coefficient (Wildman–Crippen LogP) is 6.00. The van der Waals surface area contributed by atoms with E-state index in [1.807, 2.05) is 52.0 Å². The Kier molecular flexibility index (Phi) is 7.59. The number of carbonyl (C=O) groups excluding carboxylic acids is 1. The lowest BCUT2D eigenvalue weighted by Gasteiger charge is -2.33. The highest BCUT2D eigenvalue weighted by Gasteiger charge is 2.36. The van der Waals surface area contributed by atoms with Crippen molar-refractivity contribution >= 4 is 17.7 Å². The number of ether oxygens (including phenoxy) is 2. The number of allylic oxidation sites excluding steroid dienone is 1. The lowest BCUT2D eigenvalue weighted by atomic mass is 9.86. The van der Waals surface area contributed by atoms with E-state index in [-0.39, 0.29) is 18.1 Å². The molecule has 1 aromatic rings. The van der Waals surface area contributed by atoms with Gasteiger partial charge in [0.15, 0.2) is 0 Å². The van der Waals surface area contributed by atoms with Crippen LogP contribution in [-0.2, 0) is 15.9 Å². The quantitative estimate of drug-likeness (QED) is 0.412. The van der Waals surface area contributed by atoms with Gasteiger partial charge in [-0.3, -0.25) is 0 Å². The van der Waals surface area contributed by atoms with Gasteiger partial charge in [-0.25, -0.2) is 4.79 Å². The zero-order valence-electron chi connectivity index (χ0n) is 17.5. The number of hydrogen-bond acceptors (Lipinski definition) is 3. The van der Waals surface area contributed by atoms with Gasteiger partial charge in [0.25, 0.3) is 0 Å². The number of halogens is 1. The van der Waals surface area contributed by atoms with E-state index in [9.17, 15) is 4.79 Å². The average molecular weight is 406 g/mol. The van der Waals surface area contributed by atoms with Crippen molar-refractivity contribution in [1.82, 2.24) is 4.90 Å². The third kappa shape index (κ3) is 6.03. The second kappa shape index (κ2) is 9.51. The van der Waals surface area contributed by atoms with Gasteiger partial charge in [0.05, 0.1) is 18.4 Å². The van der Waals surface area contributed by atoms with Crippen LogP contribution < -0.4 is 0 Å². The first-order chi connectivity index (χ1) is 13.1. The molecule has 1 heterocycles. The third-order valence-corrected chi connectivity index (χ3v) is 5.04. The summed E-state index contributed by atoms with van der Waals surface area (Å²) >= 11 is 6.16. The minimum atomic E-state index is -0.527. The smallest absolute Gasteiger partial charge is 0.410 e. The van der Waals surface area contributed by atoms with Crippen LogP contribution in [0.15, 0.2) is 48.8 Å². The topological polar surface area (TPSA) is 38.8 Å². The summed E-state index contributed by atoms with van der Waals surface area (Å²) in [6.45, 7) is 17.3. The summed E-state index contributed by atoms with van der Waals surface area (Å²) in [5, 5.41) is 0.695. The molecule has 0 N–H and O–H groups in total. The van der Waals surface area contributed by atoms with Gasteiger partial charge in [0, 0.05) is 17.5 Å². The molecular weight excluding hydrogens is 374 g/mol. The first-order valence-electron chi connectivity index (χ1n) is 9.86. The number of amides is 1. The Morgan fingerprint density at radius 1 is 1.36 bits per heavy atom. The molecule has 1 fully saturated rings. The van der Waals surface area contributed by atoms with Crippen molar-refractivity contribution in [2.24, 2.45) is 5.92 Å². The van der Waals surface area contributed by atoms with Gasteiger partial charge >= 0.3 is 6.09 Å². The fourth-order valence-electron chi connectivity index (χ4n) is 3.56. The van der Waals surface area contributed by atoms with Gasteiger partial charge in [0.2, 0.25) is 0 Å². The molecule has 2 atom stereocenters. The normalized spacial score (nSPS) is 17.9. The molecule has 1 saturated heterocycles. The fraction of sp³-hybridized carbons (Fsp3) is 0.522. The van der Waals surface area contributed by atoms with Crippen molar-refractivity contribution < 1.29 is 14.3 Å². The van der Waals surface area contributed by atoms with Gasteiger partial charge in [0.1, 0.15) is 5.60 Å². The highest BCUT2D eigenvalue weighted by atomic mass is 35.5. The van der Waals surface area contributed by atoms with Crippen molar-refractivity contribution in [1.29, 1.82) is 0 Å². The second-order valence-corrected chi connectivity index (χ2v) is 8.63. The van der Waals surface area contributed by atoms with E-state index in [1.165, 1.54) is 0 Å². The van der Waals surface area contributed by atoms with Crippen molar-refractivity contribution in [3.05, 3.63) is 59.3 Å². The molecule has 154 valence electrons. The van der Waals surface area contributed by atoms with Crippen LogP contribution in [-0.4, -0.2) is 35.8 Å². The molecule has 5 heteroatoms. The van der Waals surface area contributed by atoms with Crippen LogP contribution in [0.3, 0.4) is 0 Å². The lowest BCUT2D eigenvalue weighted by molar-refractivity contribution is 0.0242. The number of benzene rings is 1. The Morgan fingerprint density at radius 2 is 2.07 bits per heavy atom. The highest BCUT2D eigenvalue weighted by Crippen LogP contribution is 2.34. The zero-order chi connectivity index (χ0) is 20.9. The molecule has 1 aliphatic heterocycles. The van der Waals surface area contributed by atoms with Crippen LogP contribution in [0.1, 0.15) is 46.1 Å². The Hall–Kier alpha value is -1.94. The molecule has 4 nitrogen and oxygen atoms in total. The molecule has 1 amide bonds. The first-order valence-corrected chi connectivity index (χ1v) is 10.2. The van der Waals surface area contributed by atoms with E-state index in [0.29, 0.717) is 30.4 Å². The summed E-state index contributed by atoms with van der Waals surface area (Å²) in [5.74, 6) is 0.565. The Labute approximate surface area is 174 Å². The highest BCUT2D eigenvalue weighted by molar-refractivity contribution is 6.30. The minimum Gasteiger partial charge on any atom is -0.498 e. The molecule has 0 aromatic heterocycles. The fourth-order valence-corrected chi connectivity index (χ4v) is 3.77. The lowest BCUT2D eigenvalue weighted by Crippen LogP contribution is -2.41. The van der Waals surface area contributed by atoms with Crippen LogP contribution >= 0.6 is 11.6 Å². The maximum absolute atomic E-state index is 12.7. The van der Waals surface area contributed by atoms with Gasteiger partial charge in [-0.05, 0) is 70.2 Å². The molecule has 2 rings (SSSR count). The maximum atomic E-state index is 12.7. The summed E-state index contributed by atoms with van der Waals surface area (Å²) in [4.78, 5) is 14.5. The molecular formula is C23H32ClNO3. The van der Waals surface area contributed by atoms with Gasteiger partial charge in [-0.15, -0.1) is 0 Å². The van der Waals surface area contributed by atoms with Gasteiger partial charge in [-0.1, -0.05) is 36.9 Å². The van der Waals surface area contributed by atoms with Crippen LogP contribution in [0.25, 0.3) is 0 Å². The maximum Gasteiger partial charge on any atom is 0.410 e. The molecule has 0 bridgehead atoms. The molecule has 28 heavy (non-hydrogen) atoms. The number of carbonyl (C=O) groups is 1. The summed E-state index contributed by atoms with van der Waals surface area (Å²) < 4.78 is 11.3. The zero-order valence-corrected chi connectivity index (χ0v) is 18.2. The van der Waals surface area contributed by atoms with Crippen molar-refractivity contribution in [3.8, 4) is 0 Å². The van der Waals surface area contributed by atoms with E-state index >= 15 is 0 Å². The predicted molar refractivity (Wildman–Crippen MR) is 115 cm³/mol. The summed E-state index contributed by atoms with van der Waals surface area (Å²) in [5.41, 5.74) is 1.49. The monoisotopic (exact) mass is 405 g/mol. The van der Waals surface area contributed by atoms with Crippen molar-refractivity contribution in [3.63, 3.8) is 0 Å². The van der Waals surface area contributed by atoms with E-state index in [0.717, 1.165) is 24.0 Å². The molecule has 1 aromatic carbocycles. The van der Waals surface area contributed by atoms with E-state index in [4.69, 9.17) is 21.1 Å². The summed E-state index contributed by atoms with van der Waals surface area (Å²) in [6.07, 6.45) is 2.17. The molecule has 0 saturated carbocycles. The SMILES string of the molecule is C=C(OCC)C(Cc1cccc(Cl)c1)C(=C)C1CCCN1C(=O)OC(C)(C)C. The van der Waals surface area contributed by atoms with Crippen LogP contribution in [0.2, 0.25) is 5.02 Å². The van der Waals surface area contributed by atoms with Gasteiger partial charge in [-0.2, -0.15) is 0 Å². The Morgan fingerprint density at radius 3 is 2.68 bits per heavy atom. The van der Waals surface area contributed by atoms with E-state index < -0.39 is 5.60 Å². The molecule has 0 aliphatic carbocycles. The molecule has 2 unspecified atom stereocenters. The summed E-state index contributed by atoms with van der Waals surface area (Å²) in [7, 11) is 0. The first kappa shape index (κ1) is 22.4. The number of rotatable bonds is 7. The number of likely N-dealkylation sites (tertiary alicyclic amines) is 1. The molecule has 1 aliphatic rings. The summed E-state index contributed by atoms with van der Waals surface area (Å²) in [6, 6.07) is 7.68. The van der Waals surface area contributed by atoms with Gasteiger partial charge < -0.3 is 14.4 Å². The Bertz CT molecular complexity index is 723. The van der Waals surface area contributed by atoms with Crippen molar-refractivity contribution in [2.45, 2.75) is 58.6 Å². The minimum absolute atomic E-state index is 0.0868. The van der Waals surface area contributed by atoms with E-state index in [1.54, 1.807) is 4.90 Å². The largest absolute Gasteiger partial charge is 0.498 e. The van der Waals surface area contributed by atoms with Crippen LogP contribution in [0.5, 0.6) is 0 Å². The number of hydrogen-bond donors (Lipinski definition) is 0. The van der Waals surface area contributed by atoms with Crippen LogP contribution in [0, 0.1) is 5.92 Å². The number of nitrogens with zero attached hydrogens (tertiary/aromatic N) is 1. The average Bonchev–Trinajstić information content (AvgIpc) is 3.08. The van der Waals surface area contributed by atoms with Crippen LogP contribution in [0.4, 0.5) is 4.79 Å². The van der Waals surface area contributed by atoms with Crippen molar-refractivity contribution in [2.75, 3.05) is 13.2 Å². The standard InChI is InChI=1S/C23H32ClNO3/c1-7-27-17(3)20(15-18-10-8-11-19(24)14-18)16(2)21-12-9-13-25(21)22(26)28-23(4,5)6/h8,10-11,14,20-21H,2-3,7,9,12-13,15H2,1,4-6H3. The third-order valence-electron chi connectivity index (χ3n) is 4.80.